The van der Waals surface area contributed by atoms with Gasteiger partial charge in [0.2, 0.25) is 0 Å². The molecule has 1 saturated heterocycles. The van der Waals surface area contributed by atoms with Crippen LogP contribution in [0.4, 0.5) is 0 Å². The number of carbonyl (C=O) groups excluding carboxylic acids is 1. The van der Waals surface area contributed by atoms with E-state index in [1.165, 1.54) is 7.11 Å². The van der Waals surface area contributed by atoms with E-state index in [-0.39, 0.29) is 12.1 Å². The van der Waals surface area contributed by atoms with Crippen molar-refractivity contribution >= 4 is 5.97 Å². The van der Waals surface area contributed by atoms with Crippen molar-refractivity contribution in [3.63, 3.8) is 0 Å². The maximum atomic E-state index is 10.9. The Hall–Kier alpha value is -0.830. The Morgan fingerprint density at radius 2 is 2.45 bits per heavy atom. The molecule has 0 radical (unpaired) electrons. The van der Waals surface area contributed by atoms with Crippen molar-refractivity contribution in [1.82, 2.24) is 0 Å². The molecule has 1 aliphatic heterocycles. The van der Waals surface area contributed by atoms with E-state index >= 15 is 0 Å². The van der Waals surface area contributed by atoms with E-state index in [0.29, 0.717) is 5.57 Å². The highest BCUT2D eigenvalue weighted by molar-refractivity contribution is 5.88. The Kier molecular flexibility index (Phi) is 2.65. The van der Waals surface area contributed by atoms with Crippen molar-refractivity contribution in [2.45, 2.75) is 18.9 Å². The summed E-state index contributed by atoms with van der Waals surface area (Å²) in [4.78, 5) is 10.9. The highest BCUT2D eigenvalue weighted by Gasteiger charge is 2.23. The second kappa shape index (κ2) is 3.53. The zero-order valence-corrected chi connectivity index (χ0v) is 6.63. The molecule has 1 heterocycles. The molecule has 0 bridgehead atoms. The summed E-state index contributed by atoms with van der Waals surface area (Å²) in [5, 5.41) is 0. The number of carbonyl (C=O) groups is 1. The van der Waals surface area contributed by atoms with E-state index in [1.807, 2.05) is 0 Å². The van der Waals surface area contributed by atoms with Crippen molar-refractivity contribution in [2.75, 3.05) is 13.7 Å². The summed E-state index contributed by atoms with van der Waals surface area (Å²) < 4.78 is 9.74. The van der Waals surface area contributed by atoms with Crippen LogP contribution >= 0.6 is 0 Å². The number of hydrogen-bond acceptors (Lipinski definition) is 3. The monoisotopic (exact) mass is 156 g/mol. The molecule has 3 nitrogen and oxygen atoms in total. The maximum Gasteiger partial charge on any atom is 0.335 e. The average molecular weight is 156 g/mol. The maximum absolute atomic E-state index is 10.9. The summed E-state index contributed by atoms with van der Waals surface area (Å²) in [6, 6.07) is 0. The van der Waals surface area contributed by atoms with E-state index in [9.17, 15) is 4.79 Å². The van der Waals surface area contributed by atoms with E-state index < -0.39 is 0 Å². The fourth-order valence-corrected chi connectivity index (χ4v) is 1.12. The second-order valence-corrected chi connectivity index (χ2v) is 2.52. The van der Waals surface area contributed by atoms with E-state index in [1.54, 1.807) is 0 Å². The molecule has 1 atom stereocenters. The van der Waals surface area contributed by atoms with Crippen LogP contribution < -0.4 is 0 Å². The van der Waals surface area contributed by atoms with E-state index in [2.05, 4.69) is 11.3 Å². The van der Waals surface area contributed by atoms with Crippen LogP contribution in [0.25, 0.3) is 0 Å². The van der Waals surface area contributed by atoms with Gasteiger partial charge in [0.25, 0.3) is 0 Å². The van der Waals surface area contributed by atoms with E-state index in [4.69, 9.17) is 4.74 Å². The van der Waals surface area contributed by atoms with Crippen molar-refractivity contribution in [1.29, 1.82) is 0 Å². The minimum absolute atomic E-state index is 0.109. The lowest BCUT2D eigenvalue weighted by atomic mass is 10.1. The summed E-state index contributed by atoms with van der Waals surface area (Å²) in [5.41, 5.74) is 0.435. The fourth-order valence-electron chi connectivity index (χ4n) is 1.12. The van der Waals surface area contributed by atoms with Gasteiger partial charge in [0, 0.05) is 6.61 Å². The zero-order chi connectivity index (χ0) is 8.27. The fraction of sp³-hybridized carbons (Fsp3) is 0.625. The van der Waals surface area contributed by atoms with Gasteiger partial charge in [-0.25, -0.2) is 4.79 Å². The van der Waals surface area contributed by atoms with Crippen molar-refractivity contribution < 1.29 is 14.3 Å². The standard InChI is InChI=1S/C8H12O3/c1-6(8(9)10-2)7-4-3-5-11-7/h7H,1,3-5H2,2H3. The van der Waals surface area contributed by atoms with Gasteiger partial charge in [-0.2, -0.15) is 0 Å². The van der Waals surface area contributed by atoms with Gasteiger partial charge in [-0.3, -0.25) is 0 Å². The molecule has 0 saturated carbocycles. The first-order valence-electron chi connectivity index (χ1n) is 3.64. The molecule has 62 valence electrons. The van der Waals surface area contributed by atoms with Gasteiger partial charge >= 0.3 is 5.97 Å². The Morgan fingerprint density at radius 3 is 2.91 bits per heavy atom. The Morgan fingerprint density at radius 1 is 1.73 bits per heavy atom. The summed E-state index contributed by atoms with van der Waals surface area (Å²) in [6.07, 6.45) is 1.77. The summed E-state index contributed by atoms with van der Waals surface area (Å²) in [6.45, 7) is 4.33. The molecule has 0 N–H and O–H groups in total. The molecule has 0 aromatic carbocycles. The van der Waals surface area contributed by atoms with Crippen molar-refractivity contribution in [3.05, 3.63) is 12.2 Å². The molecule has 0 amide bonds. The molecule has 1 unspecified atom stereocenters. The molecule has 0 spiro atoms. The van der Waals surface area contributed by atoms with Crippen LogP contribution in [-0.2, 0) is 14.3 Å². The van der Waals surface area contributed by atoms with Crippen LogP contribution in [0.2, 0.25) is 0 Å². The molecular weight excluding hydrogens is 144 g/mol. The van der Waals surface area contributed by atoms with Crippen LogP contribution in [0, 0.1) is 0 Å². The van der Waals surface area contributed by atoms with Gasteiger partial charge in [0.05, 0.1) is 18.8 Å². The number of ether oxygens (including phenoxy) is 2. The Bertz CT molecular complexity index is 168. The highest BCUT2D eigenvalue weighted by atomic mass is 16.5. The lowest BCUT2D eigenvalue weighted by Gasteiger charge is -2.09. The highest BCUT2D eigenvalue weighted by Crippen LogP contribution is 2.19. The molecule has 0 aliphatic carbocycles. The van der Waals surface area contributed by atoms with Gasteiger partial charge in [0.1, 0.15) is 0 Å². The van der Waals surface area contributed by atoms with Crippen LogP contribution in [0.1, 0.15) is 12.8 Å². The topological polar surface area (TPSA) is 35.5 Å². The predicted molar refractivity (Wildman–Crippen MR) is 40.1 cm³/mol. The van der Waals surface area contributed by atoms with Gasteiger partial charge in [0.15, 0.2) is 0 Å². The van der Waals surface area contributed by atoms with Crippen LogP contribution in [0.15, 0.2) is 12.2 Å². The molecule has 3 heteroatoms. The third-order valence-corrected chi connectivity index (χ3v) is 1.77. The van der Waals surface area contributed by atoms with Gasteiger partial charge in [-0.1, -0.05) is 6.58 Å². The van der Waals surface area contributed by atoms with Crippen LogP contribution in [0.5, 0.6) is 0 Å². The Labute approximate surface area is 66.0 Å². The summed E-state index contributed by atoms with van der Waals surface area (Å²) in [5.74, 6) is -0.364. The third-order valence-electron chi connectivity index (χ3n) is 1.77. The molecule has 1 rings (SSSR count). The molecule has 1 fully saturated rings. The van der Waals surface area contributed by atoms with Crippen molar-refractivity contribution in [2.24, 2.45) is 0 Å². The molecular formula is C8H12O3. The lowest BCUT2D eigenvalue weighted by molar-refractivity contribution is -0.137. The smallest absolute Gasteiger partial charge is 0.335 e. The molecule has 0 aromatic rings. The number of methoxy groups -OCH3 is 1. The number of hydrogen-bond donors (Lipinski definition) is 0. The van der Waals surface area contributed by atoms with Gasteiger partial charge in [-0.15, -0.1) is 0 Å². The van der Waals surface area contributed by atoms with Gasteiger partial charge < -0.3 is 9.47 Å². The van der Waals surface area contributed by atoms with E-state index in [0.717, 1.165) is 19.4 Å². The molecule has 0 aromatic heterocycles. The van der Waals surface area contributed by atoms with Crippen molar-refractivity contribution in [3.8, 4) is 0 Å². The first kappa shape index (κ1) is 8.27. The second-order valence-electron chi connectivity index (χ2n) is 2.52. The first-order chi connectivity index (χ1) is 5.25. The van der Waals surface area contributed by atoms with Crippen LogP contribution in [0.3, 0.4) is 0 Å². The zero-order valence-electron chi connectivity index (χ0n) is 6.63. The van der Waals surface area contributed by atoms with Gasteiger partial charge in [-0.05, 0) is 12.8 Å². The minimum Gasteiger partial charge on any atom is -0.466 e. The lowest BCUT2D eigenvalue weighted by Crippen LogP contribution is -2.17. The number of esters is 1. The number of rotatable bonds is 2. The first-order valence-corrected chi connectivity index (χ1v) is 3.64. The van der Waals surface area contributed by atoms with Crippen LogP contribution in [-0.4, -0.2) is 25.8 Å². The Balaban J connectivity index is 2.46. The summed E-state index contributed by atoms with van der Waals surface area (Å²) in [7, 11) is 1.35. The predicted octanol–water partition coefficient (Wildman–Crippen LogP) is 0.895. The normalized spacial score (nSPS) is 23.2. The average Bonchev–Trinajstić information content (AvgIpc) is 2.53. The largest absolute Gasteiger partial charge is 0.466 e. The molecule has 1 aliphatic rings. The SMILES string of the molecule is C=C(C(=O)OC)C1CCCO1. The minimum atomic E-state index is -0.364. The summed E-state index contributed by atoms with van der Waals surface area (Å²) >= 11 is 0. The quantitative estimate of drug-likeness (QED) is 0.440. The molecule has 11 heavy (non-hydrogen) atoms. The third kappa shape index (κ3) is 1.80.